The van der Waals surface area contributed by atoms with Gasteiger partial charge in [-0.05, 0) is 19.3 Å². The van der Waals surface area contributed by atoms with E-state index in [-0.39, 0.29) is 5.97 Å². The molecule has 2 heteroatoms. The maximum absolute atomic E-state index is 11.9. The van der Waals surface area contributed by atoms with Gasteiger partial charge in [-0.3, -0.25) is 4.79 Å². The van der Waals surface area contributed by atoms with Crippen LogP contribution in [0.4, 0.5) is 0 Å². The van der Waals surface area contributed by atoms with Gasteiger partial charge in [0, 0.05) is 0 Å². The number of methoxy groups -OCH3 is 1. The minimum Gasteiger partial charge on any atom is -0.469 e. The van der Waals surface area contributed by atoms with Crippen LogP contribution >= 0.6 is 0 Å². The number of hydrogen-bond donors (Lipinski definition) is 0. The number of hydrogen-bond acceptors (Lipinski definition) is 2. The molecule has 0 unspecified atom stereocenters. The van der Waals surface area contributed by atoms with E-state index in [1.807, 2.05) is 0 Å². The Hall–Kier alpha value is -1.05. The van der Waals surface area contributed by atoms with Gasteiger partial charge in [0.05, 0.1) is 12.5 Å². The number of carbonyl (C=O) groups is 1. The first-order chi connectivity index (χ1) is 7.66. The summed E-state index contributed by atoms with van der Waals surface area (Å²) in [6.45, 7) is 9.61. The molecule has 0 radical (unpaired) electrons. The highest BCUT2D eigenvalue weighted by atomic mass is 16.5. The molecule has 0 aromatic heterocycles. The summed E-state index contributed by atoms with van der Waals surface area (Å²) in [7, 11) is 1.45. The van der Waals surface area contributed by atoms with Gasteiger partial charge >= 0.3 is 5.97 Å². The van der Waals surface area contributed by atoms with Crippen LogP contribution in [0.3, 0.4) is 0 Å². The van der Waals surface area contributed by atoms with Crippen molar-refractivity contribution in [1.82, 2.24) is 0 Å². The molecule has 0 heterocycles. The Morgan fingerprint density at radius 2 is 1.81 bits per heavy atom. The molecule has 92 valence electrons. The molecule has 0 saturated heterocycles. The Balaban J connectivity index is 4.69. The lowest BCUT2D eigenvalue weighted by molar-refractivity contribution is -0.153. The van der Waals surface area contributed by atoms with Crippen LogP contribution in [0.1, 0.15) is 45.4 Å². The molecular formula is C14H24O2. The Kier molecular flexibility index (Phi) is 7.61. The van der Waals surface area contributed by atoms with Crippen LogP contribution in [0.5, 0.6) is 0 Å². The van der Waals surface area contributed by atoms with E-state index in [0.29, 0.717) is 12.8 Å². The van der Waals surface area contributed by atoms with Gasteiger partial charge in [0.15, 0.2) is 0 Å². The quantitative estimate of drug-likeness (QED) is 0.337. The summed E-state index contributed by atoms with van der Waals surface area (Å²) in [4.78, 5) is 11.9. The van der Waals surface area contributed by atoms with Crippen molar-refractivity contribution in [2.24, 2.45) is 5.41 Å². The Morgan fingerprint density at radius 3 is 2.19 bits per heavy atom. The number of esters is 1. The van der Waals surface area contributed by atoms with E-state index in [1.54, 1.807) is 12.2 Å². The second-order valence-electron chi connectivity index (χ2n) is 4.21. The third-order valence-corrected chi connectivity index (χ3v) is 2.95. The van der Waals surface area contributed by atoms with Crippen molar-refractivity contribution in [3.05, 3.63) is 25.3 Å². The summed E-state index contributed by atoms with van der Waals surface area (Å²) >= 11 is 0. The van der Waals surface area contributed by atoms with Gasteiger partial charge < -0.3 is 4.74 Å². The first-order valence-electron chi connectivity index (χ1n) is 5.97. The number of allylic oxidation sites excluding steroid dienone is 2. The SMILES string of the molecule is C=CCC(CC=C)(CCCCC)C(=O)OC. The second-order valence-corrected chi connectivity index (χ2v) is 4.21. The molecule has 0 aliphatic rings. The molecule has 2 nitrogen and oxygen atoms in total. The van der Waals surface area contributed by atoms with Crippen LogP contribution < -0.4 is 0 Å². The zero-order valence-electron chi connectivity index (χ0n) is 10.6. The van der Waals surface area contributed by atoms with Crippen molar-refractivity contribution in [3.8, 4) is 0 Å². The number of unbranched alkanes of at least 4 members (excludes halogenated alkanes) is 2. The molecule has 0 fully saturated rings. The fourth-order valence-electron chi connectivity index (χ4n) is 2.04. The lowest BCUT2D eigenvalue weighted by Crippen LogP contribution is -2.31. The smallest absolute Gasteiger partial charge is 0.312 e. The third-order valence-electron chi connectivity index (χ3n) is 2.95. The van der Waals surface area contributed by atoms with E-state index >= 15 is 0 Å². The highest BCUT2D eigenvalue weighted by molar-refractivity contribution is 5.77. The molecule has 0 aliphatic carbocycles. The summed E-state index contributed by atoms with van der Waals surface area (Å²) in [6, 6.07) is 0. The summed E-state index contributed by atoms with van der Waals surface area (Å²) in [5, 5.41) is 0. The fourth-order valence-corrected chi connectivity index (χ4v) is 2.04. The van der Waals surface area contributed by atoms with Gasteiger partial charge in [0.25, 0.3) is 0 Å². The predicted molar refractivity (Wildman–Crippen MR) is 68.2 cm³/mol. The molecule has 0 saturated carbocycles. The summed E-state index contributed by atoms with van der Waals surface area (Å²) in [5.41, 5.74) is -0.437. The normalized spacial score (nSPS) is 10.9. The zero-order chi connectivity index (χ0) is 12.4. The second kappa shape index (κ2) is 8.14. The molecule has 0 amide bonds. The van der Waals surface area contributed by atoms with Gasteiger partial charge in [-0.25, -0.2) is 0 Å². The van der Waals surface area contributed by atoms with Gasteiger partial charge in [-0.2, -0.15) is 0 Å². The van der Waals surface area contributed by atoms with Crippen LogP contribution in [0.25, 0.3) is 0 Å². The lowest BCUT2D eigenvalue weighted by Gasteiger charge is -2.28. The molecule has 0 rings (SSSR count). The minimum atomic E-state index is -0.437. The topological polar surface area (TPSA) is 26.3 Å². The van der Waals surface area contributed by atoms with Gasteiger partial charge in [0.1, 0.15) is 0 Å². The van der Waals surface area contributed by atoms with Crippen molar-refractivity contribution in [2.75, 3.05) is 7.11 Å². The average Bonchev–Trinajstić information content (AvgIpc) is 2.28. The van der Waals surface area contributed by atoms with E-state index in [4.69, 9.17) is 4.74 Å². The van der Waals surface area contributed by atoms with Crippen molar-refractivity contribution in [2.45, 2.75) is 45.4 Å². The van der Waals surface area contributed by atoms with Crippen LogP contribution in [-0.2, 0) is 9.53 Å². The summed E-state index contributed by atoms with van der Waals surface area (Å²) in [5.74, 6) is -0.136. The molecule has 0 spiro atoms. The van der Waals surface area contributed by atoms with E-state index in [1.165, 1.54) is 7.11 Å². The van der Waals surface area contributed by atoms with Crippen LogP contribution in [0.15, 0.2) is 25.3 Å². The van der Waals surface area contributed by atoms with Gasteiger partial charge in [-0.1, -0.05) is 38.3 Å². The molecule has 0 N–H and O–H groups in total. The molecule has 0 atom stereocenters. The lowest BCUT2D eigenvalue weighted by atomic mass is 9.76. The molecule has 0 aromatic carbocycles. The average molecular weight is 224 g/mol. The molecule has 0 aliphatic heterocycles. The summed E-state index contributed by atoms with van der Waals surface area (Å²) in [6.07, 6.45) is 9.12. The number of ether oxygens (including phenoxy) is 1. The van der Waals surface area contributed by atoms with E-state index in [9.17, 15) is 4.79 Å². The van der Waals surface area contributed by atoms with E-state index in [2.05, 4.69) is 20.1 Å². The molecule has 0 bridgehead atoms. The number of rotatable bonds is 9. The fraction of sp³-hybridized carbons (Fsp3) is 0.643. The Bertz CT molecular complexity index is 221. The molecular weight excluding hydrogens is 200 g/mol. The van der Waals surface area contributed by atoms with Gasteiger partial charge in [-0.15, -0.1) is 13.2 Å². The first kappa shape index (κ1) is 14.9. The van der Waals surface area contributed by atoms with E-state index in [0.717, 1.165) is 25.7 Å². The zero-order valence-corrected chi connectivity index (χ0v) is 10.6. The molecule has 16 heavy (non-hydrogen) atoms. The van der Waals surface area contributed by atoms with Crippen molar-refractivity contribution >= 4 is 5.97 Å². The highest BCUT2D eigenvalue weighted by Crippen LogP contribution is 2.35. The highest BCUT2D eigenvalue weighted by Gasteiger charge is 2.36. The first-order valence-corrected chi connectivity index (χ1v) is 5.97. The standard InChI is InChI=1S/C14H24O2/c1-5-8-9-12-14(10-6-2,11-7-3)13(15)16-4/h6-7H,2-3,5,8-12H2,1,4H3. The monoisotopic (exact) mass is 224 g/mol. The Morgan fingerprint density at radius 1 is 1.25 bits per heavy atom. The van der Waals surface area contributed by atoms with E-state index < -0.39 is 5.41 Å². The Labute approximate surface area is 99.4 Å². The summed E-state index contributed by atoms with van der Waals surface area (Å²) < 4.78 is 4.92. The van der Waals surface area contributed by atoms with Crippen molar-refractivity contribution < 1.29 is 9.53 Å². The van der Waals surface area contributed by atoms with Crippen LogP contribution in [-0.4, -0.2) is 13.1 Å². The largest absolute Gasteiger partial charge is 0.469 e. The maximum Gasteiger partial charge on any atom is 0.312 e. The molecule has 0 aromatic rings. The predicted octanol–water partition coefficient (Wildman–Crippen LogP) is 3.88. The van der Waals surface area contributed by atoms with Gasteiger partial charge in [0.2, 0.25) is 0 Å². The van der Waals surface area contributed by atoms with Crippen molar-refractivity contribution in [3.63, 3.8) is 0 Å². The minimum absolute atomic E-state index is 0.136. The number of carbonyl (C=O) groups excluding carboxylic acids is 1. The van der Waals surface area contributed by atoms with Crippen molar-refractivity contribution in [1.29, 1.82) is 0 Å². The third kappa shape index (κ3) is 4.21. The van der Waals surface area contributed by atoms with Crippen LogP contribution in [0, 0.1) is 5.41 Å². The maximum atomic E-state index is 11.9. The van der Waals surface area contributed by atoms with Crippen LogP contribution in [0.2, 0.25) is 0 Å².